The van der Waals surface area contributed by atoms with E-state index < -0.39 is 40.5 Å². The highest BCUT2D eigenvalue weighted by Gasteiger charge is 2.59. The Kier molecular flexibility index (Phi) is 5.80. The first-order valence-corrected chi connectivity index (χ1v) is 9.67. The van der Waals surface area contributed by atoms with Crippen LogP contribution in [0.5, 0.6) is 5.75 Å². The summed E-state index contributed by atoms with van der Waals surface area (Å²) in [5.41, 5.74) is -3.86. The maximum atomic E-state index is 14.4. The number of hydrogen-bond acceptors (Lipinski definition) is 4. The largest absolute Gasteiger partial charge is 0.481 e. The second-order valence-corrected chi connectivity index (χ2v) is 7.93. The maximum Gasteiger partial charge on any atom is 0.458 e. The third-order valence-corrected chi connectivity index (χ3v) is 5.36. The van der Waals surface area contributed by atoms with Gasteiger partial charge in [-0.3, -0.25) is 14.3 Å². The zero-order chi connectivity index (χ0) is 24.9. The van der Waals surface area contributed by atoms with Crippen molar-refractivity contribution >= 4 is 11.8 Å². The van der Waals surface area contributed by atoms with E-state index in [-0.39, 0.29) is 22.7 Å². The molecule has 178 valence electrons. The summed E-state index contributed by atoms with van der Waals surface area (Å²) in [5.74, 6) is -5.19. The van der Waals surface area contributed by atoms with Crippen LogP contribution in [0.2, 0.25) is 0 Å². The number of hydrogen-bond donors (Lipinski definition) is 0. The molecule has 2 aromatic rings. The highest BCUT2D eigenvalue weighted by atomic mass is 19.4. The summed E-state index contributed by atoms with van der Waals surface area (Å²) in [4.78, 5) is 26.1. The number of amides is 1. The fourth-order valence-electron chi connectivity index (χ4n) is 3.92. The Morgan fingerprint density at radius 3 is 2.30 bits per heavy atom. The van der Waals surface area contributed by atoms with Crippen LogP contribution in [0.15, 0.2) is 47.0 Å². The number of nitrogens with zero attached hydrogens (tertiary/aromatic N) is 2. The van der Waals surface area contributed by atoms with Gasteiger partial charge in [0, 0.05) is 30.4 Å². The average Bonchev–Trinajstić information content (AvgIpc) is 2.70. The van der Waals surface area contributed by atoms with Crippen molar-refractivity contribution in [1.29, 1.82) is 0 Å². The Morgan fingerprint density at radius 1 is 1.12 bits per heavy atom. The molecule has 0 fully saturated rings. The van der Waals surface area contributed by atoms with Gasteiger partial charge in [-0.25, -0.2) is 4.79 Å². The molecule has 0 saturated heterocycles. The Bertz CT molecular complexity index is 1200. The fourth-order valence-corrected chi connectivity index (χ4v) is 3.92. The lowest BCUT2D eigenvalue weighted by molar-refractivity contribution is -0.289. The molecule has 0 aliphatic carbocycles. The predicted molar refractivity (Wildman–Crippen MR) is 109 cm³/mol. The van der Waals surface area contributed by atoms with E-state index in [1.165, 1.54) is 31.4 Å². The number of benzene rings is 1. The summed E-state index contributed by atoms with van der Waals surface area (Å²) in [5, 5.41) is 0. The molecule has 1 aliphatic heterocycles. The van der Waals surface area contributed by atoms with Crippen molar-refractivity contribution < 1.29 is 36.2 Å². The molecule has 11 heteroatoms. The fraction of sp³-hybridized carbons (Fsp3) is 0.364. The number of methoxy groups -OCH3 is 1. The molecule has 0 saturated carbocycles. The number of carbonyl (C=O) groups is 1. The molecule has 0 radical (unpaired) electrons. The third-order valence-electron chi connectivity index (χ3n) is 5.36. The van der Waals surface area contributed by atoms with Crippen molar-refractivity contribution in [2.24, 2.45) is 0 Å². The molecule has 3 rings (SSSR count). The van der Waals surface area contributed by atoms with Gasteiger partial charge in [0.2, 0.25) is 0 Å². The molecule has 0 spiro atoms. The van der Waals surface area contributed by atoms with Crippen LogP contribution < -0.4 is 10.3 Å². The van der Waals surface area contributed by atoms with Crippen LogP contribution >= 0.6 is 0 Å². The summed E-state index contributed by atoms with van der Waals surface area (Å²) < 4.78 is 80.0. The Morgan fingerprint density at radius 2 is 1.76 bits per heavy atom. The summed E-state index contributed by atoms with van der Waals surface area (Å²) in [6, 6.07) is 5.76. The van der Waals surface area contributed by atoms with Crippen molar-refractivity contribution in [3.8, 4) is 5.75 Å². The number of likely N-dealkylation sites (N-methyl/N-ethyl adjacent to an activating group) is 1. The van der Waals surface area contributed by atoms with Crippen molar-refractivity contribution in [1.82, 2.24) is 9.47 Å². The molecule has 0 bridgehead atoms. The predicted octanol–water partition coefficient (Wildman–Crippen LogP) is 4.90. The lowest BCUT2D eigenvalue weighted by Crippen LogP contribution is -2.46. The number of alkyl halides is 5. The Hall–Kier alpha value is -3.37. The first kappa shape index (κ1) is 24.3. The quantitative estimate of drug-likeness (QED) is 0.597. The van der Waals surface area contributed by atoms with Gasteiger partial charge in [-0.05, 0) is 44.5 Å². The Labute approximate surface area is 185 Å². The molecule has 2 heterocycles. The van der Waals surface area contributed by atoms with Gasteiger partial charge in [-0.1, -0.05) is 6.07 Å². The van der Waals surface area contributed by atoms with E-state index >= 15 is 0 Å². The molecule has 0 atom stereocenters. The van der Waals surface area contributed by atoms with Gasteiger partial charge in [0.25, 0.3) is 5.56 Å². The molecule has 0 unspecified atom stereocenters. The molecule has 1 amide bonds. The molecule has 6 nitrogen and oxygen atoms in total. The van der Waals surface area contributed by atoms with Crippen LogP contribution in [0.4, 0.5) is 26.7 Å². The number of carbonyl (C=O) groups excluding carboxylic acids is 1. The van der Waals surface area contributed by atoms with Crippen LogP contribution in [0.1, 0.15) is 30.5 Å². The zero-order valence-corrected chi connectivity index (χ0v) is 18.4. The zero-order valence-electron chi connectivity index (χ0n) is 18.4. The Balaban J connectivity index is 2.50. The first-order chi connectivity index (χ1) is 15.1. The van der Waals surface area contributed by atoms with Crippen LogP contribution in [0, 0.1) is 6.92 Å². The standard InChI is InChI=1S/C22H21F5N2O4/c1-12-13(21(23,24)22(25,26)27)9-10-14-16(12)17(29-11-7-6-8-15(29)30)18(20(2,3)33-14)28(4)19(31)32-5/h6-11H,1-5H3. The van der Waals surface area contributed by atoms with Gasteiger partial charge >= 0.3 is 18.2 Å². The van der Waals surface area contributed by atoms with E-state index in [0.29, 0.717) is 6.07 Å². The van der Waals surface area contributed by atoms with Gasteiger partial charge in [0.1, 0.15) is 11.4 Å². The number of ether oxygens (including phenoxy) is 2. The minimum absolute atomic E-state index is 0.0213. The third kappa shape index (κ3) is 3.85. The van der Waals surface area contributed by atoms with Crippen molar-refractivity contribution in [2.45, 2.75) is 38.5 Å². The normalized spacial score (nSPS) is 15.6. The molecular weight excluding hydrogens is 451 g/mol. The van der Waals surface area contributed by atoms with Crippen LogP contribution in [0.25, 0.3) is 5.70 Å². The second kappa shape index (κ2) is 7.89. The lowest BCUT2D eigenvalue weighted by atomic mass is 9.88. The average molecular weight is 472 g/mol. The molecule has 33 heavy (non-hydrogen) atoms. The number of halogens is 5. The smallest absolute Gasteiger partial charge is 0.458 e. The second-order valence-electron chi connectivity index (χ2n) is 7.93. The molecular formula is C22H21F5N2O4. The lowest BCUT2D eigenvalue weighted by Gasteiger charge is -2.41. The number of fused-ring (bicyclic) bond motifs is 1. The summed E-state index contributed by atoms with van der Waals surface area (Å²) >= 11 is 0. The van der Waals surface area contributed by atoms with Gasteiger partial charge in [0.15, 0.2) is 0 Å². The first-order valence-electron chi connectivity index (χ1n) is 9.67. The minimum atomic E-state index is -5.85. The number of rotatable bonds is 3. The number of aromatic nitrogens is 1. The molecule has 1 aromatic heterocycles. The van der Waals surface area contributed by atoms with E-state index in [4.69, 9.17) is 9.47 Å². The van der Waals surface area contributed by atoms with Gasteiger partial charge in [-0.2, -0.15) is 22.0 Å². The SMILES string of the molecule is COC(=O)N(C)C1=C(n2ccccc2=O)c2c(ccc(C(F)(F)C(F)(F)F)c2C)OC1(C)C. The highest BCUT2D eigenvalue weighted by Crippen LogP contribution is 2.50. The van der Waals surface area contributed by atoms with Crippen LogP contribution in [-0.2, 0) is 10.7 Å². The monoisotopic (exact) mass is 472 g/mol. The van der Waals surface area contributed by atoms with Gasteiger partial charge in [-0.15, -0.1) is 0 Å². The highest BCUT2D eigenvalue weighted by molar-refractivity contribution is 5.83. The van der Waals surface area contributed by atoms with E-state index in [1.54, 1.807) is 13.8 Å². The van der Waals surface area contributed by atoms with E-state index in [9.17, 15) is 31.5 Å². The van der Waals surface area contributed by atoms with E-state index in [1.807, 2.05) is 0 Å². The van der Waals surface area contributed by atoms with Crippen LogP contribution in [-0.4, -0.2) is 41.5 Å². The van der Waals surface area contributed by atoms with Gasteiger partial charge in [0.05, 0.1) is 18.5 Å². The summed E-state index contributed by atoms with van der Waals surface area (Å²) in [6.45, 7) is 4.21. The summed E-state index contributed by atoms with van der Waals surface area (Å²) in [6.07, 6.45) is -5.39. The molecule has 1 aliphatic rings. The topological polar surface area (TPSA) is 60.8 Å². The van der Waals surface area contributed by atoms with E-state index in [0.717, 1.165) is 29.6 Å². The summed E-state index contributed by atoms with van der Waals surface area (Å²) in [7, 11) is 2.43. The van der Waals surface area contributed by atoms with Gasteiger partial charge < -0.3 is 9.47 Å². The van der Waals surface area contributed by atoms with E-state index in [2.05, 4.69) is 0 Å². The van der Waals surface area contributed by atoms with Crippen molar-refractivity contribution in [3.63, 3.8) is 0 Å². The number of pyridine rings is 1. The van der Waals surface area contributed by atoms with Crippen LogP contribution in [0.3, 0.4) is 0 Å². The minimum Gasteiger partial charge on any atom is -0.481 e. The van der Waals surface area contributed by atoms with Crippen molar-refractivity contribution in [2.75, 3.05) is 14.2 Å². The molecule has 1 aromatic carbocycles. The molecule has 0 N–H and O–H groups in total. The van der Waals surface area contributed by atoms with Crippen molar-refractivity contribution in [3.05, 3.63) is 69.3 Å². The maximum absolute atomic E-state index is 14.4.